The predicted molar refractivity (Wildman–Crippen MR) is 81.1 cm³/mol. The van der Waals surface area contributed by atoms with Gasteiger partial charge in [0.2, 0.25) is 10.0 Å². The van der Waals surface area contributed by atoms with Gasteiger partial charge in [0.05, 0.1) is 12.0 Å². The largest absolute Gasteiger partial charge is 0.496 e. The van der Waals surface area contributed by atoms with Gasteiger partial charge in [-0.1, -0.05) is 0 Å². The van der Waals surface area contributed by atoms with Crippen LogP contribution < -0.4 is 10.1 Å². The molecule has 2 aliphatic heterocycles. The van der Waals surface area contributed by atoms with Gasteiger partial charge in [0.25, 0.3) is 0 Å². The number of aryl methyl sites for hydroxylation is 2. The van der Waals surface area contributed by atoms with E-state index in [9.17, 15) is 8.42 Å². The molecular weight excluding hydrogens is 288 g/mol. The minimum atomic E-state index is -3.41. The molecule has 2 heterocycles. The minimum absolute atomic E-state index is 0.411. The van der Waals surface area contributed by atoms with Crippen LogP contribution in [0.2, 0.25) is 0 Å². The summed E-state index contributed by atoms with van der Waals surface area (Å²) in [6.45, 7) is 6.82. The molecule has 0 bridgehead atoms. The zero-order valence-corrected chi connectivity index (χ0v) is 13.5. The molecule has 0 spiro atoms. The van der Waals surface area contributed by atoms with E-state index in [2.05, 4.69) is 5.32 Å². The highest BCUT2D eigenvalue weighted by Gasteiger charge is 2.41. The monoisotopic (exact) mass is 310 g/mol. The third kappa shape index (κ3) is 2.45. The number of nitrogens with one attached hydrogen (secondary N) is 1. The SMILES string of the molecule is COc1cc(C)c(S(=O)(=O)N2C[C@H]3CNC[C@H]3C2)cc1C. The highest BCUT2D eigenvalue weighted by molar-refractivity contribution is 7.89. The molecule has 0 saturated carbocycles. The summed E-state index contributed by atoms with van der Waals surface area (Å²) in [4.78, 5) is 0.411. The maximum atomic E-state index is 12.9. The number of methoxy groups -OCH3 is 1. The van der Waals surface area contributed by atoms with Crippen molar-refractivity contribution in [3.8, 4) is 5.75 Å². The summed E-state index contributed by atoms with van der Waals surface area (Å²) in [5, 5.41) is 3.33. The molecule has 3 rings (SSSR count). The quantitative estimate of drug-likeness (QED) is 0.910. The van der Waals surface area contributed by atoms with Crippen LogP contribution in [0.3, 0.4) is 0 Å². The summed E-state index contributed by atoms with van der Waals surface area (Å²) in [7, 11) is -1.81. The Kier molecular flexibility index (Phi) is 3.71. The number of nitrogens with zero attached hydrogens (tertiary/aromatic N) is 1. The van der Waals surface area contributed by atoms with Crippen molar-refractivity contribution in [2.24, 2.45) is 11.8 Å². The fraction of sp³-hybridized carbons (Fsp3) is 0.600. The Bertz CT molecular complexity index is 645. The van der Waals surface area contributed by atoms with Gasteiger partial charge in [-0.15, -0.1) is 0 Å². The first kappa shape index (κ1) is 14.8. The fourth-order valence-electron chi connectivity index (χ4n) is 3.41. The van der Waals surface area contributed by atoms with E-state index in [1.54, 1.807) is 23.5 Å². The molecule has 0 unspecified atom stereocenters. The summed E-state index contributed by atoms with van der Waals surface area (Å²) in [6, 6.07) is 3.54. The number of hydrogen-bond acceptors (Lipinski definition) is 4. The van der Waals surface area contributed by atoms with E-state index < -0.39 is 10.0 Å². The Morgan fingerprint density at radius 3 is 2.33 bits per heavy atom. The number of fused-ring (bicyclic) bond motifs is 1. The maximum absolute atomic E-state index is 12.9. The van der Waals surface area contributed by atoms with E-state index >= 15 is 0 Å². The van der Waals surface area contributed by atoms with Crippen LogP contribution in [0.4, 0.5) is 0 Å². The minimum Gasteiger partial charge on any atom is -0.496 e. The number of hydrogen-bond donors (Lipinski definition) is 1. The van der Waals surface area contributed by atoms with Crippen LogP contribution in [0.1, 0.15) is 11.1 Å². The number of rotatable bonds is 3. The Morgan fingerprint density at radius 1 is 1.14 bits per heavy atom. The van der Waals surface area contributed by atoms with Crippen LogP contribution in [0.5, 0.6) is 5.75 Å². The summed E-state index contributed by atoms with van der Waals surface area (Å²) < 4.78 is 32.7. The second kappa shape index (κ2) is 5.26. The van der Waals surface area contributed by atoms with Gasteiger partial charge in [0.15, 0.2) is 0 Å². The van der Waals surface area contributed by atoms with Crippen molar-refractivity contribution in [3.05, 3.63) is 23.3 Å². The van der Waals surface area contributed by atoms with Crippen LogP contribution >= 0.6 is 0 Å². The summed E-state index contributed by atoms with van der Waals surface area (Å²) in [5.41, 5.74) is 1.59. The van der Waals surface area contributed by atoms with Crippen molar-refractivity contribution in [1.29, 1.82) is 0 Å². The molecule has 2 saturated heterocycles. The smallest absolute Gasteiger partial charge is 0.243 e. The number of ether oxygens (including phenoxy) is 1. The molecule has 2 atom stereocenters. The molecule has 2 fully saturated rings. The number of sulfonamides is 1. The zero-order valence-electron chi connectivity index (χ0n) is 12.7. The normalized spacial score (nSPS) is 26.0. The second-order valence-corrected chi connectivity index (χ2v) is 7.99. The van der Waals surface area contributed by atoms with Gasteiger partial charge in [0.1, 0.15) is 5.75 Å². The van der Waals surface area contributed by atoms with Gasteiger partial charge in [-0.3, -0.25) is 0 Å². The van der Waals surface area contributed by atoms with Crippen molar-refractivity contribution >= 4 is 10.0 Å². The van der Waals surface area contributed by atoms with Crippen LogP contribution in [-0.2, 0) is 10.0 Å². The van der Waals surface area contributed by atoms with Crippen LogP contribution in [0, 0.1) is 25.7 Å². The Hall–Kier alpha value is -1.11. The van der Waals surface area contributed by atoms with Crippen LogP contribution in [0.15, 0.2) is 17.0 Å². The lowest BCUT2D eigenvalue weighted by Gasteiger charge is -2.20. The van der Waals surface area contributed by atoms with E-state index in [0.717, 1.165) is 30.0 Å². The van der Waals surface area contributed by atoms with Crippen molar-refractivity contribution < 1.29 is 13.2 Å². The van der Waals surface area contributed by atoms with E-state index in [0.29, 0.717) is 29.8 Å². The lowest BCUT2D eigenvalue weighted by atomic mass is 10.0. The van der Waals surface area contributed by atoms with Crippen LogP contribution in [-0.4, -0.2) is 46.0 Å². The molecule has 21 heavy (non-hydrogen) atoms. The molecule has 0 aromatic heterocycles. The molecule has 116 valence electrons. The highest BCUT2D eigenvalue weighted by Crippen LogP contribution is 2.33. The fourth-order valence-corrected chi connectivity index (χ4v) is 5.25. The molecule has 5 nitrogen and oxygen atoms in total. The summed E-state index contributed by atoms with van der Waals surface area (Å²) in [6.07, 6.45) is 0. The molecule has 1 aromatic rings. The van der Waals surface area contributed by atoms with Gasteiger partial charge in [-0.25, -0.2) is 8.42 Å². The van der Waals surface area contributed by atoms with Crippen molar-refractivity contribution in [2.75, 3.05) is 33.3 Å². The highest BCUT2D eigenvalue weighted by atomic mass is 32.2. The molecule has 1 aromatic carbocycles. The third-order valence-electron chi connectivity index (χ3n) is 4.67. The second-order valence-electron chi connectivity index (χ2n) is 6.09. The molecule has 0 aliphatic carbocycles. The predicted octanol–water partition coefficient (Wildman–Crippen LogP) is 1.15. The first-order valence-electron chi connectivity index (χ1n) is 7.29. The standard InChI is InChI=1S/C15H22N2O3S/c1-10-5-15(11(2)4-14(10)20-3)21(18,19)17-8-12-6-16-7-13(12)9-17/h4-5,12-13,16H,6-9H2,1-3H3/t12-,13+. The average Bonchev–Trinajstić information content (AvgIpc) is 3.01. The summed E-state index contributed by atoms with van der Waals surface area (Å²) >= 11 is 0. The zero-order chi connectivity index (χ0) is 15.2. The third-order valence-corrected chi connectivity index (χ3v) is 6.64. The van der Waals surface area contributed by atoms with E-state index in [4.69, 9.17) is 4.74 Å². The van der Waals surface area contributed by atoms with Crippen LogP contribution in [0.25, 0.3) is 0 Å². The van der Waals surface area contributed by atoms with Crippen molar-refractivity contribution in [3.63, 3.8) is 0 Å². The Morgan fingerprint density at radius 2 is 1.76 bits per heavy atom. The topological polar surface area (TPSA) is 58.6 Å². The van der Waals surface area contributed by atoms with Crippen molar-refractivity contribution in [1.82, 2.24) is 9.62 Å². The van der Waals surface area contributed by atoms with Crippen molar-refractivity contribution in [2.45, 2.75) is 18.7 Å². The van der Waals surface area contributed by atoms with Gasteiger partial charge < -0.3 is 10.1 Å². The van der Waals surface area contributed by atoms with Gasteiger partial charge in [-0.2, -0.15) is 4.31 Å². The summed E-state index contributed by atoms with van der Waals surface area (Å²) in [5.74, 6) is 1.65. The number of benzene rings is 1. The van der Waals surface area contributed by atoms with E-state index in [1.807, 2.05) is 13.8 Å². The average molecular weight is 310 g/mol. The molecule has 2 aliphatic rings. The Labute approximate surface area is 126 Å². The van der Waals surface area contributed by atoms with Gasteiger partial charge in [-0.05, 0) is 62.0 Å². The molecule has 1 N–H and O–H groups in total. The lowest BCUT2D eigenvalue weighted by molar-refractivity contribution is 0.410. The van der Waals surface area contributed by atoms with E-state index in [1.165, 1.54) is 0 Å². The Balaban J connectivity index is 1.94. The molecule has 6 heteroatoms. The first-order chi connectivity index (χ1) is 9.93. The molecule has 0 amide bonds. The van der Waals surface area contributed by atoms with Gasteiger partial charge in [0, 0.05) is 13.1 Å². The maximum Gasteiger partial charge on any atom is 0.243 e. The van der Waals surface area contributed by atoms with E-state index in [-0.39, 0.29) is 0 Å². The molecule has 0 radical (unpaired) electrons. The van der Waals surface area contributed by atoms with Gasteiger partial charge >= 0.3 is 0 Å². The molecular formula is C15H22N2O3S. The first-order valence-corrected chi connectivity index (χ1v) is 8.73. The lowest BCUT2D eigenvalue weighted by Crippen LogP contribution is -2.32.